The lowest BCUT2D eigenvalue weighted by Crippen LogP contribution is -2.35. The van der Waals surface area contributed by atoms with Gasteiger partial charge in [0.15, 0.2) is 0 Å². The van der Waals surface area contributed by atoms with E-state index in [1.165, 1.54) is 13.3 Å². The first-order valence-corrected chi connectivity index (χ1v) is 7.40. The van der Waals surface area contributed by atoms with Crippen molar-refractivity contribution in [3.05, 3.63) is 59.8 Å². The second kappa shape index (κ2) is 8.85. The maximum atomic E-state index is 11.6. The van der Waals surface area contributed by atoms with Gasteiger partial charge in [-0.3, -0.25) is 0 Å². The number of hydrogen-bond donors (Lipinski definition) is 3. The third kappa shape index (κ3) is 5.22. The Labute approximate surface area is 139 Å². The van der Waals surface area contributed by atoms with Crippen LogP contribution in [0.15, 0.2) is 48.7 Å². The summed E-state index contributed by atoms with van der Waals surface area (Å²) < 4.78 is 9.95. The van der Waals surface area contributed by atoms with Gasteiger partial charge in [-0.25, -0.2) is 9.78 Å². The van der Waals surface area contributed by atoms with Crippen molar-refractivity contribution in [1.82, 2.24) is 10.3 Å². The number of nitrogens with one attached hydrogen (secondary N) is 1. The minimum atomic E-state index is -1.19. The zero-order chi connectivity index (χ0) is 17.4. The molecule has 3 N–H and O–H groups in total. The average molecular weight is 332 g/mol. The molecular weight excluding hydrogens is 312 g/mol. The van der Waals surface area contributed by atoms with E-state index in [4.69, 9.17) is 9.47 Å². The first-order chi connectivity index (χ1) is 11.6. The highest BCUT2D eigenvalue weighted by Gasteiger charge is 2.19. The molecule has 0 spiro atoms. The number of ether oxygens (including phenoxy) is 2. The van der Waals surface area contributed by atoms with Crippen LogP contribution in [0.5, 0.6) is 5.88 Å². The molecule has 2 atom stereocenters. The number of amides is 1. The molecule has 2 aromatic rings. The maximum absolute atomic E-state index is 11.6. The van der Waals surface area contributed by atoms with E-state index in [1.54, 1.807) is 12.1 Å². The number of hydrogen-bond acceptors (Lipinski definition) is 6. The van der Waals surface area contributed by atoms with Crippen molar-refractivity contribution in [3.63, 3.8) is 0 Å². The molecule has 0 aliphatic carbocycles. The van der Waals surface area contributed by atoms with E-state index in [0.29, 0.717) is 11.4 Å². The molecule has 0 bridgehead atoms. The molecule has 0 saturated carbocycles. The lowest BCUT2D eigenvalue weighted by atomic mass is 10.1. The lowest BCUT2D eigenvalue weighted by Gasteiger charge is -2.18. The molecule has 0 aliphatic rings. The number of aliphatic hydroxyl groups excluding tert-OH is 2. The van der Waals surface area contributed by atoms with Crippen LogP contribution in [0.2, 0.25) is 0 Å². The molecule has 2 unspecified atom stereocenters. The van der Waals surface area contributed by atoms with Gasteiger partial charge >= 0.3 is 6.09 Å². The molecular formula is C17H20N2O5. The fourth-order valence-electron chi connectivity index (χ4n) is 1.98. The Morgan fingerprint density at radius 1 is 1.21 bits per heavy atom. The quantitative estimate of drug-likeness (QED) is 0.709. The summed E-state index contributed by atoms with van der Waals surface area (Å²) in [6.07, 6.45) is -1.64. The number of methoxy groups -OCH3 is 1. The van der Waals surface area contributed by atoms with Crippen LogP contribution in [0.25, 0.3) is 0 Å². The molecule has 0 aliphatic heterocycles. The first kappa shape index (κ1) is 17.7. The van der Waals surface area contributed by atoms with Gasteiger partial charge in [-0.15, -0.1) is 0 Å². The molecule has 0 radical (unpaired) electrons. The minimum absolute atomic E-state index is 0.133. The Balaban J connectivity index is 1.76. The Bertz CT molecular complexity index is 633. The molecule has 1 heterocycles. The number of alkyl carbamates (subject to hydrolysis) is 1. The van der Waals surface area contributed by atoms with Crippen molar-refractivity contribution in [2.45, 2.75) is 18.8 Å². The minimum Gasteiger partial charge on any atom is -0.481 e. The van der Waals surface area contributed by atoms with Crippen molar-refractivity contribution < 1.29 is 24.5 Å². The summed E-state index contributed by atoms with van der Waals surface area (Å²) in [7, 11) is 1.48. The summed E-state index contributed by atoms with van der Waals surface area (Å²) in [4.78, 5) is 15.6. The van der Waals surface area contributed by atoms with Gasteiger partial charge < -0.3 is 25.0 Å². The predicted molar refractivity (Wildman–Crippen MR) is 86.4 cm³/mol. The summed E-state index contributed by atoms with van der Waals surface area (Å²) in [5.74, 6) is 0.406. The number of nitrogens with zero attached hydrogens (tertiary/aromatic N) is 1. The van der Waals surface area contributed by atoms with E-state index in [9.17, 15) is 15.0 Å². The van der Waals surface area contributed by atoms with E-state index >= 15 is 0 Å². The van der Waals surface area contributed by atoms with Gasteiger partial charge in [-0.05, 0) is 11.6 Å². The van der Waals surface area contributed by atoms with Crippen molar-refractivity contribution in [3.8, 4) is 5.88 Å². The number of aromatic nitrogens is 1. The molecule has 7 heteroatoms. The van der Waals surface area contributed by atoms with Crippen molar-refractivity contribution in [2.24, 2.45) is 0 Å². The molecule has 0 fully saturated rings. The summed E-state index contributed by atoms with van der Waals surface area (Å²) in [6.45, 7) is -0.0193. The fourth-order valence-corrected chi connectivity index (χ4v) is 1.98. The van der Waals surface area contributed by atoms with Gasteiger partial charge in [-0.1, -0.05) is 30.3 Å². The molecule has 24 heavy (non-hydrogen) atoms. The molecule has 1 aromatic heterocycles. The standard InChI is InChI=1S/C17H20N2O5/c1-23-15-8-7-13(9-18-15)16(21)14(20)10-19-17(22)24-11-12-5-3-2-4-6-12/h2-9,14,16,20-21H,10-11H2,1H3,(H,19,22). The van der Waals surface area contributed by atoms with Crippen LogP contribution in [0, 0.1) is 0 Å². The molecule has 1 aromatic carbocycles. The fraction of sp³-hybridized carbons (Fsp3) is 0.294. The summed E-state index contributed by atoms with van der Waals surface area (Å²) in [5.41, 5.74) is 1.28. The Hall–Kier alpha value is -2.64. The van der Waals surface area contributed by atoms with Gasteiger partial charge in [0.25, 0.3) is 0 Å². The zero-order valence-corrected chi connectivity index (χ0v) is 13.3. The largest absolute Gasteiger partial charge is 0.481 e. The first-order valence-electron chi connectivity index (χ1n) is 7.40. The Morgan fingerprint density at radius 2 is 1.96 bits per heavy atom. The van der Waals surface area contributed by atoms with Crippen LogP contribution in [-0.4, -0.2) is 41.0 Å². The number of carbonyl (C=O) groups excluding carboxylic acids is 1. The topological polar surface area (TPSA) is 101 Å². The van der Waals surface area contributed by atoms with E-state index in [2.05, 4.69) is 10.3 Å². The summed E-state index contributed by atoms with van der Waals surface area (Å²) in [6, 6.07) is 12.4. The molecule has 1 amide bonds. The van der Waals surface area contributed by atoms with Gasteiger partial charge in [0.2, 0.25) is 5.88 Å². The summed E-state index contributed by atoms with van der Waals surface area (Å²) in [5, 5.41) is 22.4. The van der Waals surface area contributed by atoms with Crippen molar-refractivity contribution in [1.29, 1.82) is 0 Å². The van der Waals surface area contributed by atoms with Crippen LogP contribution in [0.3, 0.4) is 0 Å². The van der Waals surface area contributed by atoms with Crippen LogP contribution < -0.4 is 10.1 Å². The molecule has 0 saturated heterocycles. The van der Waals surface area contributed by atoms with Gasteiger partial charge in [0, 0.05) is 24.4 Å². The molecule has 7 nitrogen and oxygen atoms in total. The monoisotopic (exact) mass is 332 g/mol. The van der Waals surface area contributed by atoms with Crippen LogP contribution in [0.4, 0.5) is 4.79 Å². The Kier molecular flexibility index (Phi) is 6.53. The lowest BCUT2D eigenvalue weighted by molar-refractivity contribution is 0.0182. The van der Waals surface area contributed by atoms with Crippen molar-refractivity contribution in [2.75, 3.05) is 13.7 Å². The van der Waals surface area contributed by atoms with Crippen LogP contribution >= 0.6 is 0 Å². The number of aliphatic hydroxyl groups is 2. The SMILES string of the molecule is COc1ccc(C(O)C(O)CNC(=O)OCc2ccccc2)cn1. The number of pyridine rings is 1. The van der Waals surface area contributed by atoms with E-state index < -0.39 is 18.3 Å². The normalized spacial score (nSPS) is 13.0. The average Bonchev–Trinajstić information content (AvgIpc) is 2.64. The van der Waals surface area contributed by atoms with Crippen molar-refractivity contribution >= 4 is 6.09 Å². The predicted octanol–water partition coefficient (Wildman–Crippen LogP) is 1.41. The second-order valence-electron chi connectivity index (χ2n) is 5.09. The van der Waals surface area contributed by atoms with E-state index in [-0.39, 0.29) is 13.2 Å². The second-order valence-corrected chi connectivity index (χ2v) is 5.09. The highest BCUT2D eigenvalue weighted by Crippen LogP contribution is 2.17. The maximum Gasteiger partial charge on any atom is 0.407 e. The van der Waals surface area contributed by atoms with Gasteiger partial charge in [-0.2, -0.15) is 0 Å². The highest BCUT2D eigenvalue weighted by molar-refractivity contribution is 5.67. The number of benzene rings is 1. The highest BCUT2D eigenvalue weighted by atomic mass is 16.5. The molecule has 2 rings (SSSR count). The number of carbonyl (C=O) groups is 1. The third-order valence-electron chi connectivity index (χ3n) is 3.34. The van der Waals surface area contributed by atoms with Crippen LogP contribution in [-0.2, 0) is 11.3 Å². The van der Waals surface area contributed by atoms with Crippen LogP contribution in [0.1, 0.15) is 17.2 Å². The van der Waals surface area contributed by atoms with Gasteiger partial charge in [0.1, 0.15) is 18.8 Å². The summed E-state index contributed by atoms with van der Waals surface area (Å²) >= 11 is 0. The van der Waals surface area contributed by atoms with Gasteiger partial charge in [0.05, 0.1) is 7.11 Å². The zero-order valence-electron chi connectivity index (χ0n) is 13.3. The smallest absolute Gasteiger partial charge is 0.407 e. The Morgan fingerprint density at radius 3 is 2.58 bits per heavy atom. The molecule has 128 valence electrons. The van der Waals surface area contributed by atoms with E-state index in [1.807, 2.05) is 30.3 Å². The third-order valence-corrected chi connectivity index (χ3v) is 3.34. The van der Waals surface area contributed by atoms with E-state index in [0.717, 1.165) is 5.56 Å². The number of rotatable bonds is 7.